The summed E-state index contributed by atoms with van der Waals surface area (Å²) in [5.41, 5.74) is 1.96. The van der Waals surface area contributed by atoms with Crippen molar-refractivity contribution in [3.8, 4) is 17.4 Å². The molecule has 2 aromatic carbocycles. The SMILES string of the molecule is COc1ccc(C(=O)NCc2cc(Cc3sc(=O)[nH]c3O)ccc2OC)c(Cl)c1. The summed E-state index contributed by atoms with van der Waals surface area (Å²) < 4.78 is 10.5. The lowest BCUT2D eigenvalue weighted by Gasteiger charge is -2.12. The molecule has 0 saturated heterocycles. The number of nitrogens with one attached hydrogen (secondary N) is 2. The minimum Gasteiger partial charge on any atom is -0.497 e. The van der Waals surface area contributed by atoms with E-state index in [-0.39, 0.29) is 23.2 Å². The van der Waals surface area contributed by atoms with Crippen LogP contribution in [0.3, 0.4) is 0 Å². The minimum absolute atomic E-state index is 0.125. The number of methoxy groups -OCH3 is 2. The van der Waals surface area contributed by atoms with Gasteiger partial charge in [-0.05, 0) is 35.9 Å². The van der Waals surface area contributed by atoms with E-state index in [1.165, 1.54) is 7.11 Å². The zero-order valence-corrected chi connectivity index (χ0v) is 17.3. The highest BCUT2D eigenvalue weighted by Gasteiger charge is 2.14. The number of halogens is 1. The molecule has 0 aliphatic carbocycles. The standard InChI is InChI=1S/C20H19ClN2O5S/c1-27-13-4-5-14(15(21)9-13)18(24)22-10-12-7-11(3-6-16(12)28-2)8-17-19(25)23-20(26)29-17/h3-7,9,25H,8,10H2,1-2H3,(H,22,24)(H,23,26). The summed E-state index contributed by atoms with van der Waals surface area (Å²) in [7, 11) is 3.07. The number of amides is 1. The van der Waals surface area contributed by atoms with Gasteiger partial charge in [-0.2, -0.15) is 0 Å². The Hall–Kier alpha value is -2.97. The molecule has 0 radical (unpaired) electrons. The molecule has 7 nitrogen and oxygen atoms in total. The Morgan fingerprint density at radius 2 is 2.00 bits per heavy atom. The molecular weight excluding hydrogens is 416 g/mol. The van der Waals surface area contributed by atoms with Gasteiger partial charge in [-0.15, -0.1) is 0 Å². The number of benzene rings is 2. The summed E-state index contributed by atoms with van der Waals surface area (Å²) in [6, 6.07) is 10.3. The summed E-state index contributed by atoms with van der Waals surface area (Å²) in [4.78, 5) is 26.5. The van der Waals surface area contributed by atoms with Crippen LogP contribution in [0.5, 0.6) is 17.4 Å². The number of rotatable bonds is 7. The molecule has 1 aromatic heterocycles. The molecule has 0 unspecified atom stereocenters. The van der Waals surface area contributed by atoms with Gasteiger partial charge in [-0.3, -0.25) is 14.6 Å². The number of H-pyrrole nitrogens is 1. The van der Waals surface area contributed by atoms with Crippen molar-refractivity contribution in [2.75, 3.05) is 14.2 Å². The summed E-state index contributed by atoms with van der Waals surface area (Å²) in [5, 5.41) is 12.9. The van der Waals surface area contributed by atoms with Gasteiger partial charge in [0, 0.05) is 18.5 Å². The molecule has 152 valence electrons. The molecule has 0 bridgehead atoms. The largest absolute Gasteiger partial charge is 0.497 e. The van der Waals surface area contributed by atoms with Crippen molar-refractivity contribution in [2.45, 2.75) is 13.0 Å². The van der Waals surface area contributed by atoms with Gasteiger partial charge in [0.25, 0.3) is 5.91 Å². The lowest BCUT2D eigenvalue weighted by molar-refractivity contribution is 0.0951. The minimum atomic E-state index is -0.327. The average Bonchev–Trinajstić information content (AvgIpc) is 3.02. The van der Waals surface area contributed by atoms with Crippen LogP contribution in [0.15, 0.2) is 41.2 Å². The lowest BCUT2D eigenvalue weighted by atomic mass is 10.1. The quantitative estimate of drug-likeness (QED) is 0.529. The van der Waals surface area contributed by atoms with Crippen LogP contribution < -0.4 is 19.7 Å². The van der Waals surface area contributed by atoms with Crippen LogP contribution in [0.25, 0.3) is 0 Å². The second-order valence-corrected chi connectivity index (χ2v) is 7.61. The maximum atomic E-state index is 12.5. The van der Waals surface area contributed by atoms with Crippen LogP contribution in [-0.4, -0.2) is 30.2 Å². The van der Waals surface area contributed by atoms with Gasteiger partial charge < -0.3 is 19.9 Å². The van der Waals surface area contributed by atoms with Crippen molar-refractivity contribution in [3.63, 3.8) is 0 Å². The predicted octanol–water partition coefficient (Wildman–Crippen LogP) is 3.33. The number of ether oxygens (including phenoxy) is 2. The Morgan fingerprint density at radius 1 is 1.21 bits per heavy atom. The van der Waals surface area contributed by atoms with Gasteiger partial charge in [0.15, 0.2) is 0 Å². The number of aromatic amines is 1. The molecule has 29 heavy (non-hydrogen) atoms. The Kier molecular flexibility index (Phi) is 6.46. The van der Waals surface area contributed by atoms with Gasteiger partial charge in [0.2, 0.25) is 5.88 Å². The fourth-order valence-corrected chi connectivity index (χ4v) is 3.83. The Labute approximate surface area is 175 Å². The van der Waals surface area contributed by atoms with Gasteiger partial charge in [0.1, 0.15) is 11.5 Å². The summed E-state index contributed by atoms with van der Waals surface area (Å²) in [6.45, 7) is 0.216. The molecule has 9 heteroatoms. The van der Waals surface area contributed by atoms with Crippen LogP contribution in [0, 0.1) is 0 Å². The van der Waals surface area contributed by atoms with E-state index in [0.29, 0.717) is 33.4 Å². The Morgan fingerprint density at radius 3 is 2.62 bits per heavy atom. The van der Waals surface area contributed by atoms with Crippen LogP contribution in [-0.2, 0) is 13.0 Å². The highest BCUT2D eigenvalue weighted by atomic mass is 35.5. The van der Waals surface area contributed by atoms with E-state index in [0.717, 1.165) is 22.5 Å². The third-order valence-electron chi connectivity index (χ3n) is 4.27. The molecule has 0 atom stereocenters. The van der Waals surface area contributed by atoms with Gasteiger partial charge in [-0.1, -0.05) is 29.0 Å². The van der Waals surface area contributed by atoms with Crippen LogP contribution in [0.2, 0.25) is 5.02 Å². The molecule has 0 aliphatic heterocycles. The Balaban J connectivity index is 1.76. The first-order chi connectivity index (χ1) is 13.9. The fourth-order valence-electron chi connectivity index (χ4n) is 2.82. The number of aromatic nitrogens is 1. The molecule has 3 rings (SSSR count). The monoisotopic (exact) mass is 434 g/mol. The van der Waals surface area contributed by atoms with E-state index in [1.54, 1.807) is 31.4 Å². The lowest BCUT2D eigenvalue weighted by Crippen LogP contribution is -2.23. The number of hydrogen-bond donors (Lipinski definition) is 3. The molecule has 3 N–H and O–H groups in total. The van der Waals surface area contributed by atoms with Crippen molar-refractivity contribution >= 4 is 28.8 Å². The molecule has 1 heterocycles. The average molecular weight is 435 g/mol. The maximum absolute atomic E-state index is 12.5. The first-order valence-electron chi connectivity index (χ1n) is 8.59. The smallest absolute Gasteiger partial charge is 0.307 e. The third kappa shape index (κ3) is 4.90. The van der Waals surface area contributed by atoms with Gasteiger partial charge in [0.05, 0.1) is 29.7 Å². The normalized spacial score (nSPS) is 10.6. The molecule has 0 spiro atoms. The zero-order chi connectivity index (χ0) is 21.0. The van der Waals surface area contributed by atoms with Crippen LogP contribution in [0.4, 0.5) is 0 Å². The number of carbonyl (C=O) groups is 1. The van der Waals surface area contributed by atoms with Crippen LogP contribution in [0.1, 0.15) is 26.4 Å². The molecule has 3 aromatic rings. The van der Waals surface area contributed by atoms with Crippen molar-refractivity contribution in [1.82, 2.24) is 10.3 Å². The van der Waals surface area contributed by atoms with E-state index in [4.69, 9.17) is 21.1 Å². The van der Waals surface area contributed by atoms with E-state index in [9.17, 15) is 14.7 Å². The molecule has 0 fully saturated rings. The number of thiazole rings is 1. The Bertz CT molecular complexity index is 1090. The second kappa shape index (κ2) is 9.02. The van der Waals surface area contributed by atoms with Crippen molar-refractivity contribution in [1.29, 1.82) is 0 Å². The van der Waals surface area contributed by atoms with Crippen molar-refractivity contribution in [2.24, 2.45) is 0 Å². The van der Waals surface area contributed by atoms with Crippen molar-refractivity contribution in [3.05, 3.63) is 72.7 Å². The number of aromatic hydroxyl groups is 1. The summed E-state index contributed by atoms with van der Waals surface area (Å²) in [5.74, 6) is 0.726. The van der Waals surface area contributed by atoms with Crippen molar-refractivity contribution < 1.29 is 19.4 Å². The first kappa shape index (κ1) is 20.8. The maximum Gasteiger partial charge on any atom is 0.307 e. The van der Waals surface area contributed by atoms with E-state index in [2.05, 4.69) is 10.3 Å². The van der Waals surface area contributed by atoms with Gasteiger partial charge in [-0.25, -0.2) is 0 Å². The number of hydrogen-bond acceptors (Lipinski definition) is 6. The summed E-state index contributed by atoms with van der Waals surface area (Å²) >= 11 is 7.12. The van der Waals surface area contributed by atoms with Crippen LogP contribution >= 0.6 is 22.9 Å². The first-order valence-corrected chi connectivity index (χ1v) is 9.79. The molecular formula is C20H19ClN2O5S. The zero-order valence-electron chi connectivity index (χ0n) is 15.7. The molecule has 0 saturated carbocycles. The molecule has 0 aliphatic rings. The highest BCUT2D eigenvalue weighted by molar-refractivity contribution is 7.09. The summed E-state index contributed by atoms with van der Waals surface area (Å²) in [6.07, 6.45) is 0.379. The fraction of sp³-hybridized carbons (Fsp3) is 0.200. The number of carbonyl (C=O) groups excluding carboxylic acids is 1. The second-order valence-electron chi connectivity index (χ2n) is 6.14. The van der Waals surface area contributed by atoms with E-state index < -0.39 is 0 Å². The van der Waals surface area contributed by atoms with E-state index >= 15 is 0 Å². The predicted molar refractivity (Wildman–Crippen MR) is 112 cm³/mol. The van der Waals surface area contributed by atoms with Gasteiger partial charge >= 0.3 is 4.87 Å². The third-order valence-corrected chi connectivity index (χ3v) is 5.45. The highest BCUT2D eigenvalue weighted by Crippen LogP contribution is 2.26. The molecule has 1 amide bonds. The van der Waals surface area contributed by atoms with E-state index in [1.807, 2.05) is 12.1 Å². The topological polar surface area (TPSA) is 101 Å².